The average Bonchev–Trinajstić information content (AvgIpc) is 3.40. The second-order valence-electron chi connectivity index (χ2n) is 8.01. The van der Waals surface area contributed by atoms with E-state index in [1.807, 2.05) is 31.2 Å². The van der Waals surface area contributed by atoms with Gasteiger partial charge in [-0.3, -0.25) is 9.59 Å². The summed E-state index contributed by atoms with van der Waals surface area (Å²) in [6.07, 6.45) is 2.52. The van der Waals surface area contributed by atoms with Gasteiger partial charge < -0.3 is 19.5 Å². The first-order valence-corrected chi connectivity index (χ1v) is 11.3. The Kier molecular flexibility index (Phi) is 6.82. The predicted molar refractivity (Wildman–Crippen MR) is 122 cm³/mol. The van der Waals surface area contributed by atoms with Crippen LogP contribution in [0.15, 0.2) is 54.1 Å². The van der Waals surface area contributed by atoms with Crippen molar-refractivity contribution in [3.63, 3.8) is 0 Å². The fourth-order valence-corrected chi connectivity index (χ4v) is 4.28. The molecule has 2 aliphatic heterocycles. The summed E-state index contributed by atoms with van der Waals surface area (Å²) in [5.74, 6) is -0.838. The molecule has 1 amide bonds. The van der Waals surface area contributed by atoms with E-state index in [0.29, 0.717) is 36.1 Å². The summed E-state index contributed by atoms with van der Waals surface area (Å²) in [7, 11) is 0. The first kappa shape index (κ1) is 22.4. The third-order valence-electron chi connectivity index (χ3n) is 5.75. The summed E-state index contributed by atoms with van der Waals surface area (Å²) >= 11 is 5.97. The van der Waals surface area contributed by atoms with E-state index in [9.17, 15) is 14.7 Å². The highest BCUT2D eigenvalue weighted by Gasteiger charge is 2.47. The molecule has 2 unspecified atom stereocenters. The van der Waals surface area contributed by atoms with Crippen LogP contribution in [0.2, 0.25) is 5.02 Å². The summed E-state index contributed by atoms with van der Waals surface area (Å²) in [5, 5.41) is 11.6. The summed E-state index contributed by atoms with van der Waals surface area (Å²) in [4.78, 5) is 27.6. The number of ketones is 1. The summed E-state index contributed by atoms with van der Waals surface area (Å²) in [6, 6.07) is 13.1. The third-order valence-corrected chi connectivity index (χ3v) is 6.00. The maximum absolute atomic E-state index is 13.1. The lowest BCUT2D eigenvalue weighted by Gasteiger charge is -2.27. The number of Topliss-reactive ketones (excluding diaryl/α,β-unsaturated/α-hetero) is 1. The molecule has 32 heavy (non-hydrogen) atoms. The van der Waals surface area contributed by atoms with Gasteiger partial charge in [0.15, 0.2) is 0 Å². The highest BCUT2D eigenvalue weighted by Crippen LogP contribution is 2.40. The highest BCUT2D eigenvalue weighted by atomic mass is 35.5. The first-order valence-electron chi connectivity index (χ1n) is 10.9. The van der Waals surface area contributed by atoms with Gasteiger partial charge >= 0.3 is 0 Å². The number of hydrogen-bond acceptors (Lipinski definition) is 5. The maximum Gasteiger partial charge on any atom is 0.295 e. The molecule has 6 nitrogen and oxygen atoms in total. The predicted octanol–water partition coefficient (Wildman–Crippen LogP) is 4.73. The molecule has 1 N–H and O–H groups in total. The number of amides is 1. The minimum absolute atomic E-state index is 0.0672. The van der Waals surface area contributed by atoms with E-state index in [2.05, 4.69) is 0 Å². The number of nitrogens with zero attached hydrogens (tertiary/aromatic N) is 1. The lowest BCUT2D eigenvalue weighted by Crippen LogP contribution is -2.36. The van der Waals surface area contributed by atoms with Gasteiger partial charge in [0.1, 0.15) is 11.5 Å². The number of likely N-dealkylation sites (tertiary alicyclic amines) is 1. The number of benzene rings is 2. The monoisotopic (exact) mass is 455 g/mol. The van der Waals surface area contributed by atoms with Crippen molar-refractivity contribution >= 4 is 29.1 Å². The Morgan fingerprint density at radius 2 is 1.88 bits per heavy atom. The SMILES string of the molecule is CCCOc1ccc(C2/C(=C(/O)c3ccc(Cl)cc3)C(=O)C(=O)N2CC2CCCO2)cc1. The number of halogens is 1. The molecule has 2 fully saturated rings. The number of ether oxygens (including phenoxy) is 2. The van der Waals surface area contributed by atoms with Gasteiger partial charge in [-0.05, 0) is 61.2 Å². The fourth-order valence-electron chi connectivity index (χ4n) is 4.15. The van der Waals surface area contributed by atoms with Crippen molar-refractivity contribution in [2.75, 3.05) is 19.8 Å². The minimum atomic E-state index is -0.713. The van der Waals surface area contributed by atoms with Crippen LogP contribution in [0.3, 0.4) is 0 Å². The Labute approximate surface area is 192 Å². The molecule has 2 saturated heterocycles. The molecule has 0 bridgehead atoms. The van der Waals surface area contributed by atoms with E-state index in [4.69, 9.17) is 21.1 Å². The quantitative estimate of drug-likeness (QED) is 0.371. The van der Waals surface area contributed by atoms with Crippen molar-refractivity contribution in [3.05, 3.63) is 70.3 Å². The van der Waals surface area contributed by atoms with E-state index in [1.165, 1.54) is 4.90 Å². The molecular weight excluding hydrogens is 430 g/mol. The molecule has 0 radical (unpaired) electrons. The molecule has 0 saturated carbocycles. The van der Waals surface area contributed by atoms with E-state index in [1.54, 1.807) is 24.3 Å². The van der Waals surface area contributed by atoms with Crippen molar-refractivity contribution in [1.82, 2.24) is 4.90 Å². The molecule has 2 aliphatic rings. The Hall–Kier alpha value is -2.83. The molecule has 168 valence electrons. The van der Waals surface area contributed by atoms with Gasteiger partial charge in [0, 0.05) is 23.7 Å². The van der Waals surface area contributed by atoms with E-state index >= 15 is 0 Å². The number of aliphatic hydroxyl groups excluding tert-OH is 1. The van der Waals surface area contributed by atoms with Gasteiger partial charge in [0.25, 0.3) is 11.7 Å². The van der Waals surface area contributed by atoms with Crippen LogP contribution in [0.5, 0.6) is 5.75 Å². The lowest BCUT2D eigenvalue weighted by molar-refractivity contribution is -0.140. The van der Waals surface area contributed by atoms with E-state index < -0.39 is 17.7 Å². The molecule has 0 spiro atoms. The smallest absolute Gasteiger partial charge is 0.295 e. The van der Waals surface area contributed by atoms with Crippen LogP contribution in [0, 0.1) is 0 Å². The third kappa shape index (κ3) is 4.52. The largest absolute Gasteiger partial charge is 0.507 e. The Morgan fingerprint density at radius 3 is 2.50 bits per heavy atom. The molecule has 2 atom stereocenters. The zero-order valence-corrected chi connectivity index (χ0v) is 18.7. The van der Waals surface area contributed by atoms with Crippen LogP contribution in [0.25, 0.3) is 5.76 Å². The fraction of sp³-hybridized carbons (Fsp3) is 0.360. The molecule has 0 aromatic heterocycles. The van der Waals surface area contributed by atoms with Crippen LogP contribution in [0.1, 0.15) is 43.4 Å². The topological polar surface area (TPSA) is 76.1 Å². The van der Waals surface area contributed by atoms with Crippen molar-refractivity contribution in [2.45, 2.75) is 38.3 Å². The molecule has 4 rings (SSSR count). The summed E-state index contributed by atoms with van der Waals surface area (Å²) in [5.41, 5.74) is 1.22. The number of rotatable bonds is 7. The number of aliphatic hydroxyl groups is 1. The van der Waals surface area contributed by atoms with Gasteiger partial charge in [0.2, 0.25) is 0 Å². The van der Waals surface area contributed by atoms with Gasteiger partial charge in [-0.15, -0.1) is 0 Å². The normalized spacial score (nSPS) is 22.5. The number of hydrogen-bond donors (Lipinski definition) is 1. The first-order chi connectivity index (χ1) is 15.5. The van der Waals surface area contributed by atoms with E-state index in [-0.39, 0.29) is 17.4 Å². The second kappa shape index (κ2) is 9.76. The molecule has 0 aliphatic carbocycles. The van der Waals surface area contributed by atoms with E-state index in [0.717, 1.165) is 24.8 Å². The van der Waals surface area contributed by atoms with Crippen LogP contribution in [0.4, 0.5) is 0 Å². The zero-order valence-electron chi connectivity index (χ0n) is 17.9. The Morgan fingerprint density at radius 1 is 1.16 bits per heavy atom. The lowest BCUT2D eigenvalue weighted by atomic mass is 9.95. The Bertz CT molecular complexity index is 1010. The Balaban J connectivity index is 1.75. The molecule has 7 heteroatoms. The highest BCUT2D eigenvalue weighted by molar-refractivity contribution is 6.46. The molecular formula is C25H26ClNO5. The summed E-state index contributed by atoms with van der Waals surface area (Å²) < 4.78 is 11.4. The maximum atomic E-state index is 13.1. The number of carbonyl (C=O) groups excluding carboxylic acids is 2. The van der Waals surface area contributed by atoms with Crippen LogP contribution >= 0.6 is 11.6 Å². The van der Waals surface area contributed by atoms with Crippen molar-refractivity contribution < 1.29 is 24.2 Å². The molecule has 2 heterocycles. The number of carbonyl (C=O) groups is 2. The van der Waals surface area contributed by atoms with Crippen molar-refractivity contribution in [1.29, 1.82) is 0 Å². The standard InChI is InChI=1S/C25H26ClNO5/c1-2-13-31-19-11-7-16(8-12-19)22-21(23(28)17-5-9-18(26)10-6-17)24(29)25(30)27(22)15-20-4-3-14-32-20/h5-12,20,22,28H,2-4,13-15H2,1H3/b23-21-. The zero-order chi connectivity index (χ0) is 22.7. The van der Waals surface area contributed by atoms with Crippen molar-refractivity contribution in [3.8, 4) is 5.75 Å². The van der Waals surface area contributed by atoms with Gasteiger partial charge in [-0.25, -0.2) is 0 Å². The van der Waals surface area contributed by atoms with Gasteiger partial charge in [-0.2, -0.15) is 0 Å². The van der Waals surface area contributed by atoms with Gasteiger partial charge in [0.05, 0.1) is 24.3 Å². The summed E-state index contributed by atoms with van der Waals surface area (Å²) in [6.45, 7) is 3.57. The van der Waals surface area contributed by atoms with Crippen LogP contribution in [-0.4, -0.2) is 47.6 Å². The van der Waals surface area contributed by atoms with Crippen LogP contribution in [-0.2, 0) is 14.3 Å². The van der Waals surface area contributed by atoms with Gasteiger partial charge in [-0.1, -0.05) is 30.7 Å². The average molecular weight is 456 g/mol. The molecule has 2 aromatic rings. The second-order valence-corrected chi connectivity index (χ2v) is 8.45. The minimum Gasteiger partial charge on any atom is -0.507 e. The molecule has 2 aromatic carbocycles. The van der Waals surface area contributed by atoms with Crippen LogP contribution < -0.4 is 4.74 Å². The van der Waals surface area contributed by atoms with Crippen molar-refractivity contribution in [2.24, 2.45) is 0 Å².